The van der Waals surface area contributed by atoms with Crippen molar-refractivity contribution in [3.8, 4) is 5.75 Å². The maximum absolute atomic E-state index is 11.7. The number of phenolic OH excluding ortho intramolecular Hbond substituents is 1. The van der Waals surface area contributed by atoms with Crippen molar-refractivity contribution in [3.63, 3.8) is 0 Å². The Morgan fingerprint density at radius 2 is 2.05 bits per heavy atom. The van der Waals surface area contributed by atoms with E-state index in [9.17, 15) is 19.5 Å². The van der Waals surface area contributed by atoms with Crippen molar-refractivity contribution in [1.29, 1.82) is 0 Å². The van der Waals surface area contributed by atoms with Gasteiger partial charge in [-0.1, -0.05) is 0 Å². The van der Waals surface area contributed by atoms with Gasteiger partial charge < -0.3 is 26.0 Å². The van der Waals surface area contributed by atoms with Gasteiger partial charge in [0.15, 0.2) is 6.04 Å². The summed E-state index contributed by atoms with van der Waals surface area (Å²) in [6, 6.07) is 1.75. The lowest BCUT2D eigenvalue weighted by Crippen LogP contribution is -2.43. The molecule has 1 aromatic carbocycles. The van der Waals surface area contributed by atoms with Crippen LogP contribution >= 0.6 is 0 Å². The van der Waals surface area contributed by atoms with Crippen LogP contribution in [0.2, 0.25) is 0 Å². The summed E-state index contributed by atoms with van der Waals surface area (Å²) in [4.78, 5) is 33.7. The Kier molecular flexibility index (Phi) is 5.04. The number of anilines is 1. The third-order valence-corrected chi connectivity index (χ3v) is 2.32. The normalized spacial score (nSPS) is 11.5. The number of carbonyl (C=O) groups is 3. The van der Waals surface area contributed by atoms with E-state index in [2.05, 4.69) is 10.1 Å². The van der Waals surface area contributed by atoms with E-state index in [0.717, 1.165) is 12.1 Å². The second-order valence-electron chi connectivity index (χ2n) is 3.76. The maximum Gasteiger partial charge on any atom is 0.335 e. The van der Waals surface area contributed by atoms with E-state index in [-0.39, 0.29) is 23.6 Å². The fourth-order valence-corrected chi connectivity index (χ4v) is 1.32. The van der Waals surface area contributed by atoms with Crippen LogP contribution < -0.4 is 11.1 Å². The minimum Gasteiger partial charge on any atom is -0.506 e. The largest absolute Gasteiger partial charge is 0.506 e. The molecular formula is C12H14N2O6. The highest BCUT2D eigenvalue weighted by Crippen LogP contribution is 2.24. The van der Waals surface area contributed by atoms with Crippen LogP contribution in [-0.4, -0.2) is 40.7 Å². The predicted molar refractivity (Wildman–Crippen MR) is 68.3 cm³/mol. The molecule has 0 aromatic heterocycles. The molecule has 1 rings (SSSR count). The number of phenols is 1. The molecule has 20 heavy (non-hydrogen) atoms. The van der Waals surface area contributed by atoms with Gasteiger partial charge in [0.2, 0.25) is 0 Å². The number of ether oxygens (including phenoxy) is 1. The molecule has 0 aliphatic heterocycles. The van der Waals surface area contributed by atoms with Crippen LogP contribution in [0, 0.1) is 0 Å². The number of benzene rings is 1. The number of esters is 1. The summed E-state index contributed by atoms with van der Waals surface area (Å²) in [5.74, 6) is -3.41. The average molecular weight is 282 g/mol. The third-order valence-electron chi connectivity index (χ3n) is 2.32. The minimum atomic E-state index is -1.57. The zero-order chi connectivity index (χ0) is 15.3. The number of aromatic carboxylic acids is 1. The Morgan fingerprint density at radius 1 is 1.40 bits per heavy atom. The molecule has 0 radical (unpaired) electrons. The van der Waals surface area contributed by atoms with E-state index in [1.807, 2.05) is 0 Å². The van der Waals surface area contributed by atoms with Crippen LogP contribution in [0.4, 0.5) is 5.69 Å². The summed E-state index contributed by atoms with van der Waals surface area (Å²) in [5.41, 5.74) is 5.06. The van der Waals surface area contributed by atoms with Crippen LogP contribution in [0.3, 0.4) is 0 Å². The third kappa shape index (κ3) is 3.69. The second kappa shape index (κ2) is 6.53. The van der Waals surface area contributed by atoms with Crippen molar-refractivity contribution in [3.05, 3.63) is 23.8 Å². The Labute approximate surface area is 114 Å². The molecule has 8 nitrogen and oxygen atoms in total. The van der Waals surface area contributed by atoms with Crippen LogP contribution in [0.5, 0.6) is 5.75 Å². The number of carboxylic acids is 1. The number of carbonyl (C=O) groups excluding carboxylic acids is 2. The van der Waals surface area contributed by atoms with Crippen molar-refractivity contribution in [1.82, 2.24) is 0 Å². The standard InChI is InChI=1S/C12H14N2O6/c1-2-20-12(19)9(13)10(16)14-7-5-6(11(17)18)3-4-8(7)15/h3-5,9,15H,2,13H2,1H3,(H,14,16)(H,17,18). The number of rotatable bonds is 5. The molecular weight excluding hydrogens is 268 g/mol. The van der Waals surface area contributed by atoms with Gasteiger partial charge in [0, 0.05) is 0 Å². The molecule has 108 valence electrons. The molecule has 0 saturated carbocycles. The minimum absolute atomic E-state index is 0.0690. The summed E-state index contributed by atoms with van der Waals surface area (Å²) < 4.78 is 4.57. The highest BCUT2D eigenvalue weighted by molar-refractivity contribution is 6.09. The highest BCUT2D eigenvalue weighted by Gasteiger charge is 2.24. The van der Waals surface area contributed by atoms with Gasteiger partial charge in [-0.25, -0.2) is 9.59 Å². The number of carboxylic acid groups (broad SMARTS) is 1. The van der Waals surface area contributed by atoms with Crippen molar-refractivity contribution >= 4 is 23.5 Å². The molecule has 0 heterocycles. The van der Waals surface area contributed by atoms with Gasteiger partial charge in [-0.05, 0) is 25.1 Å². The summed E-state index contributed by atoms with van der Waals surface area (Å²) >= 11 is 0. The van der Waals surface area contributed by atoms with Crippen LogP contribution in [0.1, 0.15) is 17.3 Å². The number of hydrogen-bond acceptors (Lipinski definition) is 6. The molecule has 0 aliphatic rings. The van der Waals surface area contributed by atoms with E-state index in [0.29, 0.717) is 0 Å². The first-order valence-electron chi connectivity index (χ1n) is 5.66. The lowest BCUT2D eigenvalue weighted by Gasteiger charge is -2.12. The first-order chi connectivity index (χ1) is 9.36. The maximum atomic E-state index is 11.7. The molecule has 0 fully saturated rings. The molecule has 8 heteroatoms. The van der Waals surface area contributed by atoms with Gasteiger partial charge in [-0.15, -0.1) is 0 Å². The Hall–Kier alpha value is -2.61. The summed E-state index contributed by atoms with van der Waals surface area (Å²) in [6.07, 6.45) is 0. The molecule has 0 saturated heterocycles. The Bertz CT molecular complexity index is 543. The van der Waals surface area contributed by atoms with Crippen molar-refractivity contribution in [2.75, 3.05) is 11.9 Å². The predicted octanol–water partition coefficient (Wildman–Crippen LogP) is -0.0807. The van der Waals surface area contributed by atoms with E-state index >= 15 is 0 Å². The van der Waals surface area contributed by atoms with Crippen molar-refractivity contribution in [2.45, 2.75) is 13.0 Å². The fraction of sp³-hybridized carbons (Fsp3) is 0.250. The number of hydrogen-bond donors (Lipinski definition) is 4. The molecule has 1 unspecified atom stereocenters. The van der Waals surface area contributed by atoms with Gasteiger partial charge in [0.05, 0.1) is 17.9 Å². The Morgan fingerprint density at radius 3 is 2.60 bits per heavy atom. The summed E-state index contributed by atoms with van der Waals surface area (Å²) in [6.45, 7) is 1.63. The first-order valence-corrected chi connectivity index (χ1v) is 5.66. The van der Waals surface area contributed by atoms with Gasteiger partial charge >= 0.3 is 11.9 Å². The highest BCUT2D eigenvalue weighted by atomic mass is 16.5. The fourth-order valence-electron chi connectivity index (χ4n) is 1.32. The topological polar surface area (TPSA) is 139 Å². The molecule has 0 spiro atoms. The average Bonchev–Trinajstić information content (AvgIpc) is 2.40. The number of nitrogens with two attached hydrogens (primary N) is 1. The number of nitrogens with one attached hydrogen (secondary N) is 1. The number of aromatic hydroxyl groups is 1. The van der Waals surface area contributed by atoms with Crippen molar-refractivity contribution in [2.24, 2.45) is 5.73 Å². The quantitative estimate of drug-likeness (QED) is 0.336. The van der Waals surface area contributed by atoms with Gasteiger partial charge in [-0.3, -0.25) is 4.79 Å². The van der Waals surface area contributed by atoms with Crippen molar-refractivity contribution < 1.29 is 29.3 Å². The zero-order valence-corrected chi connectivity index (χ0v) is 10.6. The van der Waals surface area contributed by atoms with Gasteiger partial charge in [0.25, 0.3) is 5.91 Å². The lowest BCUT2D eigenvalue weighted by atomic mass is 10.1. The Balaban J connectivity index is 2.87. The second-order valence-corrected chi connectivity index (χ2v) is 3.76. The molecule has 5 N–H and O–H groups in total. The van der Waals surface area contributed by atoms with E-state index in [1.165, 1.54) is 6.07 Å². The van der Waals surface area contributed by atoms with E-state index < -0.39 is 23.9 Å². The monoisotopic (exact) mass is 282 g/mol. The van der Waals surface area contributed by atoms with Crippen LogP contribution in [0.15, 0.2) is 18.2 Å². The molecule has 1 atom stereocenters. The molecule has 0 bridgehead atoms. The molecule has 1 aromatic rings. The number of amides is 1. The van der Waals surface area contributed by atoms with Gasteiger partial charge in [0.1, 0.15) is 5.75 Å². The molecule has 0 aliphatic carbocycles. The van der Waals surface area contributed by atoms with Crippen LogP contribution in [0.25, 0.3) is 0 Å². The smallest absolute Gasteiger partial charge is 0.335 e. The van der Waals surface area contributed by atoms with Gasteiger partial charge in [-0.2, -0.15) is 0 Å². The summed E-state index contributed by atoms with van der Waals surface area (Å²) in [5, 5.41) is 20.5. The first kappa shape index (κ1) is 15.4. The van der Waals surface area contributed by atoms with E-state index in [1.54, 1.807) is 6.92 Å². The van der Waals surface area contributed by atoms with E-state index in [4.69, 9.17) is 10.8 Å². The lowest BCUT2D eigenvalue weighted by molar-refractivity contribution is -0.146. The SMILES string of the molecule is CCOC(=O)C(N)C(=O)Nc1cc(C(=O)O)ccc1O. The van der Waals surface area contributed by atoms with Crippen LogP contribution in [-0.2, 0) is 14.3 Å². The zero-order valence-electron chi connectivity index (χ0n) is 10.6. The molecule has 1 amide bonds. The summed E-state index contributed by atoms with van der Waals surface area (Å²) in [7, 11) is 0.